The van der Waals surface area contributed by atoms with Gasteiger partial charge in [0.2, 0.25) is 11.8 Å². The minimum Gasteiger partial charge on any atom is -0.480 e. The fourth-order valence-electron chi connectivity index (χ4n) is 9.49. The highest BCUT2D eigenvalue weighted by Crippen LogP contribution is 2.46. The summed E-state index contributed by atoms with van der Waals surface area (Å²) in [6, 6.07) is 14.1. The van der Waals surface area contributed by atoms with E-state index in [0.717, 1.165) is 71.7 Å². The number of rotatable bonds is 16. The highest BCUT2D eigenvalue weighted by Gasteiger charge is 2.37. The van der Waals surface area contributed by atoms with Crippen molar-refractivity contribution in [3.63, 3.8) is 0 Å². The van der Waals surface area contributed by atoms with Gasteiger partial charge in [0, 0.05) is 67.1 Å². The van der Waals surface area contributed by atoms with E-state index in [1.165, 1.54) is 51.5 Å². The Kier molecular flexibility index (Phi) is 18.2. The first-order valence-electron chi connectivity index (χ1n) is 25.7. The average molecular weight is 1210 g/mol. The number of benzene rings is 2. The second-order valence-corrected chi connectivity index (χ2v) is 22.2. The van der Waals surface area contributed by atoms with Crippen LogP contribution in [-0.4, -0.2) is 114 Å². The van der Waals surface area contributed by atoms with E-state index in [9.17, 15) is 34.8 Å². The van der Waals surface area contributed by atoms with Crippen LogP contribution in [0, 0.1) is 0 Å². The van der Waals surface area contributed by atoms with Crippen LogP contribution in [-0.2, 0) is 48.4 Å². The fourth-order valence-corrected chi connectivity index (χ4v) is 10.8. The predicted molar refractivity (Wildman–Crippen MR) is 310 cm³/mol. The average Bonchev–Trinajstić information content (AvgIpc) is 2.28. The van der Waals surface area contributed by atoms with E-state index >= 15 is 0 Å². The summed E-state index contributed by atoms with van der Waals surface area (Å²) < 4.78 is 122. The molecule has 2 aromatic carbocycles. The van der Waals surface area contributed by atoms with Crippen molar-refractivity contribution in [3.05, 3.63) is 120 Å². The van der Waals surface area contributed by atoms with E-state index in [-0.39, 0.29) is 68.3 Å². The van der Waals surface area contributed by atoms with Gasteiger partial charge in [-0.2, -0.15) is 36.5 Å². The van der Waals surface area contributed by atoms with Crippen LogP contribution in [0.4, 0.5) is 26.3 Å². The van der Waals surface area contributed by atoms with E-state index in [1.54, 1.807) is 63.6 Å². The third kappa shape index (κ3) is 12.7. The summed E-state index contributed by atoms with van der Waals surface area (Å²) in [6.07, 6.45) is 6.16. The van der Waals surface area contributed by atoms with Crippen LogP contribution in [0.15, 0.2) is 96.0 Å². The summed E-state index contributed by atoms with van der Waals surface area (Å²) in [5.74, 6) is 2.56. The van der Waals surface area contributed by atoms with Crippen molar-refractivity contribution in [2.24, 2.45) is 0 Å². The number of imidazole rings is 2. The van der Waals surface area contributed by atoms with Gasteiger partial charge >= 0.3 is 12.4 Å². The Labute approximate surface area is 490 Å². The maximum Gasteiger partial charge on any atom is 0.434 e. The van der Waals surface area contributed by atoms with Crippen LogP contribution >= 0.6 is 11.8 Å². The van der Waals surface area contributed by atoms with Gasteiger partial charge in [-0.15, -0.1) is 11.8 Å². The highest BCUT2D eigenvalue weighted by atomic mass is 32.2. The molecule has 2 fully saturated rings. The SMILES string of the molecule is C.C.C.CCn1cc(C(F)(F)F)nc1-c1ccc(Cn2nc(S(C)(=O)=O)c3cnc(-c4c(OC)ncnc4C4CC4)nc32)cc1.CCn1cc(C(F)(F)F)nc1-c1ccc(Cn2nc(SC)c3cnc(-c4c(OC)ncnc4C4CC4)nc32)cc1. The Morgan fingerprint density at radius 3 is 1.38 bits per heavy atom. The van der Waals surface area contributed by atoms with Gasteiger partial charge in [0.25, 0.3) is 0 Å². The summed E-state index contributed by atoms with van der Waals surface area (Å²) >= 11 is 1.50. The molecule has 2 aliphatic rings. The number of ether oxygens (including phenoxy) is 2. The zero-order valence-electron chi connectivity index (χ0n) is 44.8. The molecule has 0 radical (unpaired) electrons. The molecule has 8 aromatic heterocycles. The van der Waals surface area contributed by atoms with Gasteiger partial charge in [-0.25, -0.2) is 67.6 Å². The van der Waals surface area contributed by atoms with Crippen molar-refractivity contribution < 1.29 is 44.2 Å². The van der Waals surface area contributed by atoms with Crippen molar-refractivity contribution in [1.82, 2.24) is 78.5 Å². The summed E-state index contributed by atoms with van der Waals surface area (Å²) in [6.45, 7) is 4.75. The number of halogens is 6. The number of alkyl halides is 6. The molecule has 0 atom stereocenters. The molecule has 0 bridgehead atoms. The Morgan fingerprint density at radius 1 is 0.588 bits per heavy atom. The first-order valence-corrected chi connectivity index (χ1v) is 28.9. The molecule has 0 saturated heterocycles. The quantitative estimate of drug-likeness (QED) is 0.0647. The molecule has 85 heavy (non-hydrogen) atoms. The first kappa shape index (κ1) is 62.6. The third-order valence-electron chi connectivity index (χ3n) is 13.8. The van der Waals surface area contributed by atoms with Crippen molar-refractivity contribution in [1.29, 1.82) is 0 Å². The van der Waals surface area contributed by atoms with Crippen LogP contribution in [0.5, 0.6) is 11.8 Å². The smallest absolute Gasteiger partial charge is 0.434 e. The molecular weight excluding hydrogens is 1150 g/mol. The lowest BCUT2D eigenvalue weighted by atomic mass is 10.1. The number of sulfone groups is 1. The minimum atomic E-state index is -4.55. The van der Waals surface area contributed by atoms with Crippen LogP contribution < -0.4 is 9.47 Å². The minimum absolute atomic E-state index is 0. The molecule has 0 N–H and O–H groups in total. The summed E-state index contributed by atoms with van der Waals surface area (Å²) in [7, 11) is -0.667. The molecule has 0 amide bonds. The van der Waals surface area contributed by atoms with E-state index in [0.29, 0.717) is 76.6 Å². The second-order valence-electron chi connectivity index (χ2n) is 19.5. The second kappa shape index (κ2) is 24.7. The number of fused-ring (bicyclic) bond motifs is 2. The Hall–Kier alpha value is -8.40. The molecule has 0 spiro atoms. The molecule has 2 saturated carbocycles. The molecule has 0 unspecified atom stereocenters. The van der Waals surface area contributed by atoms with E-state index < -0.39 is 33.6 Å². The van der Waals surface area contributed by atoms with Crippen LogP contribution in [0.1, 0.15) is 108 Å². The standard InChI is InChI=1S/C27H25F3N8O3S.C27H25F3N8OS.3CH4/c1-4-37-13-19(27(28,29)30)34-23(37)17-7-5-15(6-8-17)12-38-24-18(26(36-38)42(3,39)40)11-31-22(35-24)20-21(16-9-10-16)32-14-33-25(20)41-2;1-4-37-13-19(27(28,29)30)34-23(37)17-7-5-15(6-8-17)12-38-24-18(26(36-38)40-3)11-31-22(35-24)20-21(16-9-10-16)32-14-33-25(20)39-2;;;/h5-8,11,13-14,16H,4,9-10,12H2,1-3H3;5-8,11,13-14,16H,4,9-10,12H2,1-3H3;3*1H4. The lowest BCUT2D eigenvalue weighted by Crippen LogP contribution is -2.06. The Balaban J connectivity index is 0.000000214. The third-order valence-corrected chi connectivity index (χ3v) is 15.5. The van der Waals surface area contributed by atoms with Gasteiger partial charge in [0.15, 0.2) is 49.2 Å². The van der Waals surface area contributed by atoms with Crippen LogP contribution in [0.2, 0.25) is 0 Å². The van der Waals surface area contributed by atoms with Gasteiger partial charge in [-0.3, -0.25) is 0 Å². The molecule has 10 aromatic rings. The normalized spacial score (nSPS) is 13.4. The Bertz CT molecular complexity index is 4140. The van der Waals surface area contributed by atoms with Crippen molar-refractivity contribution in [3.8, 4) is 57.3 Å². The molecule has 20 nitrogen and oxygen atoms in total. The Morgan fingerprint density at radius 2 is 1.00 bits per heavy atom. The van der Waals surface area contributed by atoms with Crippen molar-refractivity contribution in [2.45, 2.75) is 122 Å². The predicted octanol–water partition coefficient (Wildman–Crippen LogP) is 12.3. The van der Waals surface area contributed by atoms with Gasteiger partial charge in [-0.05, 0) is 56.9 Å². The molecule has 12 rings (SSSR count). The lowest BCUT2D eigenvalue weighted by molar-refractivity contribution is -0.141. The largest absolute Gasteiger partial charge is 0.480 e. The number of aryl methyl sites for hydroxylation is 2. The van der Waals surface area contributed by atoms with Gasteiger partial charge < -0.3 is 18.6 Å². The number of hydrogen-bond acceptors (Lipinski definition) is 17. The maximum atomic E-state index is 13.2. The number of aromatic nitrogens is 16. The van der Waals surface area contributed by atoms with Crippen molar-refractivity contribution >= 4 is 43.7 Å². The summed E-state index contributed by atoms with van der Waals surface area (Å²) in [5, 5.41) is 10.8. The van der Waals surface area contributed by atoms with Gasteiger partial charge in [0.1, 0.15) is 40.5 Å². The lowest BCUT2D eigenvalue weighted by Gasteiger charge is -2.11. The number of nitrogens with zero attached hydrogens (tertiary/aromatic N) is 16. The van der Waals surface area contributed by atoms with E-state index in [4.69, 9.17) is 24.5 Å². The number of hydrogen-bond donors (Lipinski definition) is 0. The summed E-state index contributed by atoms with van der Waals surface area (Å²) in [4.78, 5) is 43.8. The van der Waals surface area contributed by atoms with E-state index in [1.807, 2.05) is 23.1 Å². The number of thioether (sulfide) groups is 1. The fraction of sp³-hybridized carbons (Fsp3) is 0.368. The van der Waals surface area contributed by atoms with Crippen molar-refractivity contribution in [2.75, 3.05) is 26.7 Å². The van der Waals surface area contributed by atoms with Crippen LogP contribution in [0.3, 0.4) is 0 Å². The molecule has 0 aliphatic heterocycles. The van der Waals surface area contributed by atoms with Gasteiger partial charge in [-0.1, -0.05) is 70.8 Å². The molecular formula is C57H62F6N16O4S2. The summed E-state index contributed by atoms with van der Waals surface area (Å²) in [5.41, 5.74) is 4.71. The topological polar surface area (TPSA) is 227 Å². The first-order chi connectivity index (χ1) is 39.3. The maximum absolute atomic E-state index is 13.2. The molecule has 2 aliphatic carbocycles. The van der Waals surface area contributed by atoms with E-state index in [2.05, 4.69) is 45.0 Å². The zero-order chi connectivity index (χ0) is 57.8. The van der Waals surface area contributed by atoms with Crippen LogP contribution in [0.25, 0.3) is 67.6 Å². The van der Waals surface area contributed by atoms with Gasteiger partial charge in [0.05, 0.1) is 49.5 Å². The molecule has 8 heterocycles. The molecule has 28 heteroatoms. The zero-order valence-corrected chi connectivity index (χ0v) is 46.4. The number of methoxy groups -OCH3 is 2. The molecule has 448 valence electrons. The monoisotopic (exact) mass is 1210 g/mol. The highest BCUT2D eigenvalue weighted by molar-refractivity contribution is 7.98.